The Bertz CT molecular complexity index is 483. The van der Waals surface area contributed by atoms with Gasteiger partial charge in [-0.05, 0) is 12.5 Å². The molecule has 0 aliphatic rings. The van der Waals surface area contributed by atoms with Gasteiger partial charge >= 0.3 is 0 Å². The smallest absolute Gasteiger partial charge is 0.0894 e. The van der Waals surface area contributed by atoms with Gasteiger partial charge in [-0.3, -0.25) is 4.98 Å². The molecule has 2 aromatic heterocycles. The summed E-state index contributed by atoms with van der Waals surface area (Å²) in [5.74, 6) is 0. The van der Waals surface area contributed by atoms with Crippen molar-refractivity contribution in [2.45, 2.75) is 12.3 Å². The molecule has 0 N–H and O–H groups in total. The fourth-order valence-corrected chi connectivity index (χ4v) is 1.79. The van der Waals surface area contributed by atoms with Crippen LogP contribution in [0.2, 0.25) is 5.02 Å². The Kier molecular flexibility index (Phi) is 3.02. The van der Waals surface area contributed by atoms with Gasteiger partial charge in [0.05, 0.1) is 28.8 Å². The Labute approximate surface area is 100 Å². The molecule has 0 fully saturated rings. The van der Waals surface area contributed by atoms with Crippen molar-refractivity contribution in [2.75, 3.05) is 0 Å². The van der Waals surface area contributed by atoms with Crippen LogP contribution in [0.3, 0.4) is 0 Å². The van der Waals surface area contributed by atoms with Gasteiger partial charge in [0, 0.05) is 11.5 Å². The molecule has 0 saturated heterocycles. The first-order chi connectivity index (χ1) is 7.24. The van der Waals surface area contributed by atoms with Crippen LogP contribution in [0.25, 0.3) is 5.69 Å². The van der Waals surface area contributed by atoms with Crippen molar-refractivity contribution < 1.29 is 0 Å². The second-order valence-corrected chi connectivity index (χ2v) is 4.00. The van der Waals surface area contributed by atoms with Crippen LogP contribution in [-0.2, 0) is 5.33 Å². The summed E-state index contributed by atoms with van der Waals surface area (Å²) in [5, 5.41) is 9.16. The first-order valence-corrected chi connectivity index (χ1v) is 5.80. The summed E-state index contributed by atoms with van der Waals surface area (Å²) in [7, 11) is 0. The van der Waals surface area contributed by atoms with E-state index in [4.69, 9.17) is 11.6 Å². The molecule has 0 bridgehead atoms. The summed E-state index contributed by atoms with van der Waals surface area (Å²) in [6.45, 7) is 1.93. The van der Waals surface area contributed by atoms with E-state index < -0.39 is 0 Å². The average molecular weight is 288 g/mol. The van der Waals surface area contributed by atoms with Crippen LogP contribution in [0, 0.1) is 6.92 Å². The quantitative estimate of drug-likeness (QED) is 0.797. The molecule has 0 aliphatic carbocycles. The Balaban J connectivity index is 2.59. The van der Waals surface area contributed by atoms with Crippen LogP contribution >= 0.6 is 27.5 Å². The zero-order valence-corrected chi connectivity index (χ0v) is 10.3. The zero-order chi connectivity index (χ0) is 10.8. The van der Waals surface area contributed by atoms with Crippen LogP contribution in [0.4, 0.5) is 0 Å². The van der Waals surface area contributed by atoms with Crippen LogP contribution in [0.1, 0.15) is 11.3 Å². The summed E-state index contributed by atoms with van der Waals surface area (Å²) in [4.78, 5) is 4.04. The fraction of sp³-hybridized carbons (Fsp3) is 0.222. The summed E-state index contributed by atoms with van der Waals surface area (Å²) >= 11 is 9.36. The van der Waals surface area contributed by atoms with Crippen molar-refractivity contribution in [3.8, 4) is 5.69 Å². The van der Waals surface area contributed by atoms with Crippen molar-refractivity contribution in [1.82, 2.24) is 20.0 Å². The lowest BCUT2D eigenvalue weighted by atomic mass is 10.2. The van der Waals surface area contributed by atoms with E-state index >= 15 is 0 Å². The van der Waals surface area contributed by atoms with E-state index in [1.165, 1.54) is 0 Å². The maximum atomic E-state index is 5.99. The average Bonchev–Trinajstić information content (AvgIpc) is 2.70. The second kappa shape index (κ2) is 4.28. The standard InChI is InChI=1S/C9H8BrClN4/c1-6-8(11)4-12-5-9(6)15-7(2-10)3-13-14-15/h3-5H,2H2,1H3. The van der Waals surface area contributed by atoms with Gasteiger partial charge in [0.25, 0.3) is 0 Å². The number of rotatable bonds is 2. The normalized spacial score (nSPS) is 10.6. The number of aromatic nitrogens is 4. The first-order valence-electron chi connectivity index (χ1n) is 4.30. The van der Waals surface area contributed by atoms with Crippen LogP contribution in [-0.4, -0.2) is 20.0 Å². The van der Waals surface area contributed by atoms with Crippen molar-refractivity contribution in [1.29, 1.82) is 0 Å². The molecule has 0 radical (unpaired) electrons. The van der Waals surface area contributed by atoms with E-state index in [2.05, 4.69) is 31.2 Å². The third-order valence-corrected chi connectivity index (χ3v) is 3.07. The highest BCUT2D eigenvalue weighted by Gasteiger charge is 2.09. The zero-order valence-electron chi connectivity index (χ0n) is 7.98. The molecule has 78 valence electrons. The summed E-state index contributed by atoms with van der Waals surface area (Å²) in [6, 6.07) is 0. The monoisotopic (exact) mass is 286 g/mol. The van der Waals surface area contributed by atoms with E-state index in [0.29, 0.717) is 10.4 Å². The molecule has 0 spiro atoms. The summed E-state index contributed by atoms with van der Waals surface area (Å²) in [5.41, 5.74) is 2.76. The molecule has 15 heavy (non-hydrogen) atoms. The summed E-state index contributed by atoms with van der Waals surface area (Å²) < 4.78 is 1.73. The van der Waals surface area contributed by atoms with Gasteiger partial charge in [0.2, 0.25) is 0 Å². The fourth-order valence-electron chi connectivity index (χ4n) is 1.25. The van der Waals surface area contributed by atoms with Gasteiger partial charge in [-0.15, -0.1) is 5.10 Å². The van der Waals surface area contributed by atoms with Gasteiger partial charge < -0.3 is 0 Å². The Morgan fingerprint density at radius 1 is 1.40 bits per heavy atom. The minimum atomic E-state index is 0.628. The largest absolute Gasteiger partial charge is 0.261 e. The van der Waals surface area contributed by atoms with E-state index in [9.17, 15) is 0 Å². The molecule has 4 nitrogen and oxygen atoms in total. The molecule has 2 rings (SSSR count). The van der Waals surface area contributed by atoms with Crippen LogP contribution in [0.5, 0.6) is 0 Å². The highest BCUT2D eigenvalue weighted by atomic mass is 79.9. The predicted octanol–water partition coefficient (Wildman–Crippen LogP) is 2.52. The van der Waals surface area contributed by atoms with E-state index in [-0.39, 0.29) is 0 Å². The molecule has 6 heteroatoms. The van der Waals surface area contributed by atoms with Crippen molar-refractivity contribution in [3.63, 3.8) is 0 Å². The number of halogens is 2. The number of alkyl halides is 1. The maximum absolute atomic E-state index is 5.99. The van der Waals surface area contributed by atoms with Gasteiger partial charge in [0.1, 0.15) is 0 Å². The van der Waals surface area contributed by atoms with Crippen molar-refractivity contribution in [2.24, 2.45) is 0 Å². The Hall–Kier alpha value is -0.940. The van der Waals surface area contributed by atoms with Gasteiger partial charge in [0.15, 0.2) is 0 Å². The molecule has 0 unspecified atom stereocenters. The molecule has 0 aromatic carbocycles. The van der Waals surface area contributed by atoms with Gasteiger partial charge in [-0.1, -0.05) is 32.7 Å². The lowest BCUT2D eigenvalue weighted by Gasteiger charge is -2.07. The highest BCUT2D eigenvalue weighted by molar-refractivity contribution is 9.08. The van der Waals surface area contributed by atoms with Gasteiger partial charge in [-0.25, -0.2) is 4.68 Å². The maximum Gasteiger partial charge on any atom is 0.0894 e. The van der Waals surface area contributed by atoms with Gasteiger partial charge in [-0.2, -0.15) is 0 Å². The van der Waals surface area contributed by atoms with E-state index in [0.717, 1.165) is 16.9 Å². The lowest BCUT2D eigenvalue weighted by molar-refractivity contribution is 0.775. The van der Waals surface area contributed by atoms with Crippen molar-refractivity contribution >= 4 is 27.5 Å². The van der Waals surface area contributed by atoms with E-state index in [1.54, 1.807) is 23.3 Å². The topological polar surface area (TPSA) is 43.6 Å². The molecular weight excluding hydrogens is 279 g/mol. The minimum absolute atomic E-state index is 0.628. The SMILES string of the molecule is Cc1c(Cl)cncc1-n1nncc1CBr. The Morgan fingerprint density at radius 3 is 2.93 bits per heavy atom. The molecule has 0 aliphatic heterocycles. The molecule has 0 atom stereocenters. The third kappa shape index (κ3) is 1.89. The summed E-state index contributed by atoms with van der Waals surface area (Å²) in [6.07, 6.45) is 5.04. The molecule has 2 heterocycles. The van der Waals surface area contributed by atoms with Crippen LogP contribution < -0.4 is 0 Å². The second-order valence-electron chi connectivity index (χ2n) is 3.04. The third-order valence-electron chi connectivity index (χ3n) is 2.11. The molecule has 0 amide bonds. The number of hydrogen-bond acceptors (Lipinski definition) is 3. The first kappa shape index (κ1) is 10.6. The molecular formula is C9H8BrClN4. The van der Waals surface area contributed by atoms with Crippen LogP contribution in [0.15, 0.2) is 18.6 Å². The highest BCUT2D eigenvalue weighted by Crippen LogP contribution is 2.21. The lowest BCUT2D eigenvalue weighted by Crippen LogP contribution is -2.03. The molecule has 0 saturated carbocycles. The number of nitrogens with zero attached hydrogens (tertiary/aromatic N) is 4. The molecule has 2 aromatic rings. The minimum Gasteiger partial charge on any atom is -0.261 e. The van der Waals surface area contributed by atoms with E-state index in [1.807, 2.05) is 6.92 Å². The van der Waals surface area contributed by atoms with Crippen molar-refractivity contribution in [3.05, 3.63) is 34.9 Å². The number of pyridine rings is 1. The Morgan fingerprint density at radius 2 is 2.20 bits per heavy atom. The predicted molar refractivity (Wildman–Crippen MR) is 61.5 cm³/mol. The number of hydrogen-bond donors (Lipinski definition) is 0.